The van der Waals surface area contributed by atoms with Crippen LogP contribution in [0.25, 0.3) is 11.0 Å². The fourth-order valence-electron chi connectivity index (χ4n) is 2.16. The summed E-state index contributed by atoms with van der Waals surface area (Å²) in [6.07, 6.45) is 0. The Bertz CT molecular complexity index is 722. The van der Waals surface area contributed by atoms with Gasteiger partial charge < -0.3 is 15.0 Å². The van der Waals surface area contributed by atoms with Gasteiger partial charge in [-0.15, -0.1) is 0 Å². The fraction of sp³-hybridized carbons (Fsp3) is 0.133. The molecule has 0 unspecified atom stereocenters. The Morgan fingerprint density at radius 2 is 1.85 bits per heavy atom. The fourth-order valence-corrected chi connectivity index (χ4v) is 2.42. The quantitative estimate of drug-likeness (QED) is 0.768. The first-order chi connectivity index (χ1) is 9.78. The molecular formula is C15H14BrN3O. The third kappa shape index (κ3) is 2.55. The molecule has 0 atom stereocenters. The van der Waals surface area contributed by atoms with Gasteiger partial charge in [0.25, 0.3) is 0 Å². The Hall–Kier alpha value is -1.85. The molecule has 5 heteroatoms. The lowest BCUT2D eigenvalue weighted by Crippen LogP contribution is -2.06. The second kappa shape index (κ2) is 5.64. The molecule has 0 bridgehead atoms. The van der Waals surface area contributed by atoms with Crippen molar-refractivity contribution in [2.45, 2.75) is 6.54 Å². The second-order valence-corrected chi connectivity index (χ2v) is 5.35. The van der Waals surface area contributed by atoms with Crippen LogP contribution in [0.3, 0.4) is 0 Å². The summed E-state index contributed by atoms with van der Waals surface area (Å²) in [4.78, 5) is 4.58. The molecule has 0 aliphatic heterocycles. The minimum absolute atomic E-state index is 0.0787. The first-order valence-corrected chi connectivity index (χ1v) is 7.16. The molecule has 20 heavy (non-hydrogen) atoms. The molecule has 0 aliphatic rings. The van der Waals surface area contributed by atoms with Crippen LogP contribution in [0, 0.1) is 0 Å². The minimum Gasteiger partial charge on any atom is -0.395 e. The Kier molecular flexibility index (Phi) is 3.71. The number of halogens is 1. The molecule has 0 saturated heterocycles. The van der Waals surface area contributed by atoms with Gasteiger partial charge in [-0.3, -0.25) is 0 Å². The van der Waals surface area contributed by atoms with E-state index in [2.05, 4.69) is 26.2 Å². The van der Waals surface area contributed by atoms with E-state index in [1.54, 1.807) is 0 Å². The van der Waals surface area contributed by atoms with Crippen LogP contribution in [-0.4, -0.2) is 21.3 Å². The van der Waals surface area contributed by atoms with Crippen LogP contribution in [0.1, 0.15) is 0 Å². The number of aromatic nitrogens is 2. The van der Waals surface area contributed by atoms with E-state index in [0.29, 0.717) is 6.54 Å². The molecule has 3 rings (SSSR count). The number of nitrogens with one attached hydrogen (secondary N) is 1. The van der Waals surface area contributed by atoms with Gasteiger partial charge in [-0.05, 0) is 36.4 Å². The minimum atomic E-state index is 0.0787. The highest BCUT2D eigenvalue weighted by molar-refractivity contribution is 9.10. The van der Waals surface area contributed by atoms with Crippen LogP contribution in [0.15, 0.2) is 53.0 Å². The maximum atomic E-state index is 9.24. The van der Waals surface area contributed by atoms with Crippen LogP contribution >= 0.6 is 15.9 Å². The van der Waals surface area contributed by atoms with Gasteiger partial charge >= 0.3 is 0 Å². The highest BCUT2D eigenvalue weighted by Gasteiger charge is 2.09. The highest BCUT2D eigenvalue weighted by atomic mass is 79.9. The van der Waals surface area contributed by atoms with Crippen LogP contribution in [0.4, 0.5) is 11.6 Å². The van der Waals surface area contributed by atoms with E-state index in [-0.39, 0.29) is 6.61 Å². The molecular weight excluding hydrogens is 318 g/mol. The monoisotopic (exact) mass is 331 g/mol. The predicted octanol–water partition coefficient (Wildman–Crippen LogP) is 3.53. The van der Waals surface area contributed by atoms with E-state index in [1.165, 1.54) is 0 Å². The largest absolute Gasteiger partial charge is 0.395 e. The normalized spacial score (nSPS) is 10.9. The number of rotatable bonds is 4. The number of fused-ring (bicyclic) bond motifs is 1. The van der Waals surface area contributed by atoms with Crippen molar-refractivity contribution in [1.29, 1.82) is 0 Å². The van der Waals surface area contributed by atoms with Gasteiger partial charge in [0, 0.05) is 16.7 Å². The van der Waals surface area contributed by atoms with Crippen molar-refractivity contribution in [1.82, 2.24) is 9.55 Å². The van der Waals surface area contributed by atoms with Gasteiger partial charge in [0.05, 0.1) is 17.6 Å². The third-order valence-corrected chi connectivity index (χ3v) is 3.61. The SMILES string of the molecule is OCCn1c(Nc2ccc(Br)cc2)nc2ccccc21. The van der Waals surface area contributed by atoms with E-state index in [4.69, 9.17) is 0 Å². The van der Waals surface area contributed by atoms with Gasteiger partial charge in [0.1, 0.15) is 0 Å². The third-order valence-electron chi connectivity index (χ3n) is 3.08. The molecule has 0 aliphatic carbocycles. The van der Waals surface area contributed by atoms with Gasteiger partial charge in [-0.2, -0.15) is 0 Å². The lowest BCUT2D eigenvalue weighted by Gasteiger charge is -2.09. The van der Waals surface area contributed by atoms with Gasteiger partial charge in [0.15, 0.2) is 0 Å². The van der Waals surface area contributed by atoms with Crippen molar-refractivity contribution < 1.29 is 5.11 Å². The number of imidazole rings is 1. The van der Waals surface area contributed by atoms with Crippen LogP contribution in [-0.2, 0) is 6.54 Å². The number of benzene rings is 2. The molecule has 1 aromatic heterocycles. The maximum absolute atomic E-state index is 9.24. The molecule has 1 heterocycles. The summed E-state index contributed by atoms with van der Waals surface area (Å²) in [5.74, 6) is 0.738. The standard InChI is InChI=1S/C15H14BrN3O/c16-11-5-7-12(8-6-11)17-15-18-13-3-1-2-4-14(13)19(15)9-10-20/h1-8,20H,9-10H2,(H,17,18). The lowest BCUT2D eigenvalue weighted by atomic mass is 10.3. The van der Waals surface area contributed by atoms with Crippen LogP contribution in [0.5, 0.6) is 0 Å². The number of hydrogen-bond acceptors (Lipinski definition) is 3. The maximum Gasteiger partial charge on any atom is 0.208 e. The number of aliphatic hydroxyl groups excluding tert-OH is 1. The van der Waals surface area contributed by atoms with Crippen LogP contribution in [0.2, 0.25) is 0 Å². The zero-order valence-electron chi connectivity index (χ0n) is 10.8. The Labute approximate surface area is 125 Å². The summed E-state index contributed by atoms with van der Waals surface area (Å²) in [5, 5.41) is 12.5. The van der Waals surface area contributed by atoms with Crippen molar-refractivity contribution in [3.63, 3.8) is 0 Å². The number of hydrogen-bond donors (Lipinski definition) is 2. The van der Waals surface area contributed by atoms with Crippen molar-refractivity contribution in [3.05, 3.63) is 53.0 Å². The average molecular weight is 332 g/mol. The summed E-state index contributed by atoms with van der Waals surface area (Å²) < 4.78 is 3.02. The summed E-state index contributed by atoms with van der Waals surface area (Å²) in [6, 6.07) is 15.8. The van der Waals surface area contributed by atoms with E-state index >= 15 is 0 Å². The molecule has 0 saturated carbocycles. The van der Waals surface area contributed by atoms with Gasteiger partial charge in [0.2, 0.25) is 5.95 Å². The predicted molar refractivity (Wildman–Crippen MR) is 84.2 cm³/mol. The van der Waals surface area contributed by atoms with E-state index in [0.717, 1.165) is 27.1 Å². The van der Waals surface area contributed by atoms with Crippen molar-refractivity contribution in [2.75, 3.05) is 11.9 Å². The summed E-state index contributed by atoms with van der Waals surface area (Å²) in [5.41, 5.74) is 2.89. The Morgan fingerprint density at radius 1 is 1.10 bits per heavy atom. The molecule has 0 radical (unpaired) electrons. The second-order valence-electron chi connectivity index (χ2n) is 4.43. The van der Waals surface area contributed by atoms with Crippen molar-refractivity contribution in [2.24, 2.45) is 0 Å². The summed E-state index contributed by atoms with van der Waals surface area (Å²) in [6.45, 7) is 0.592. The molecule has 2 aromatic carbocycles. The van der Waals surface area contributed by atoms with Crippen LogP contribution < -0.4 is 5.32 Å². The average Bonchev–Trinajstić information content (AvgIpc) is 2.80. The number of nitrogens with zero attached hydrogens (tertiary/aromatic N) is 2. The van der Waals surface area contributed by atoms with Gasteiger partial charge in [-0.25, -0.2) is 4.98 Å². The Morgan fingerprint density at radius 3 is 2.60 bits per heavy atom. The zero-order valence-corrected chi connectivity index (χ0v) is 12.3. The van der Waals surface area contributed by atoms with Crippen molar-refractivity contribution >= 4 is 38.6 Å². The number of para-hydroxylation sites is 2. The molecule has 2 N–H and O–H groups in total. The molecule has 4 nitrogen and oxygen atoms in total. The van der Waals surface area contributed by atoms with Crippen molar-refractivity contribution in [3.8, 4) is 0 Å². The lowest BCUT2D eigenvalue weighted by molar-refractivity contribution is 0.278. The summed E-state index contributed by atoms with van der Waals surface area (Å²) in [7, 11) is 0. The first-order valence-electron chi connectivity index (χ1n) is 6.36. The smallest absolute Gasteiger partial charge is 0.208 e. The molecule has 3 aromatic rings. The van der Waals surface area contributed by atoms with Gasteiger partial charge in [-0.1, -0.05) is 28.1 Å². The Balaban J connectivity index is 2.01. The van der Waals surface area contributed by atoms with E-state index in [9.17, 15) is 5.11 Å². The highest BCUT2D eigenvalue weighted by Crippen LogP contribution is 2.23. The molecule has 0 spiro atoms. The summed E-state index contributed by atoms with van der Waals surface area (Å²) >= 11 is 3.42. The molecule has 102 valence electrons. The molecule has 0 amide bonds. The number of aliphatic hydroxyl groups is 1. The van der Waals surface area contributed by atoms with E-state index in [1.807, 2.05) is 53.1 Å². The molecule has 0 fully saturated rings. The zero-order chi connectivity index (χ0) is 13.9. The first kappa shape index (κ1) is 13.1. The van der Waals surface area contributed by atoms with E-state index < -0.39 is 0 Å². The topological polar surface area (TPSA) is 50.1 Å². The number of anilines is 2.